The number of primary amides is 1. The van der Waals surface area contributed by atoms with E-state index in [2.05, 4.69) is 25.9 Å². The molecule has 4 unspecified atom stereocenters. The quantitative estimate of drug-likeness (QED) is 0.113. The number of aromatic nitrogens is 2. The van der Waals surface area contributed by atoms with Gasteiger partial charge < -0.3 is 43.2 Å². The normalized spacial score (nSPS) is 14.3. The highest BCUT2D eigenvalue weighted by molar-refractivity contribution is 5.94. The van der Waals surface area contributed by atoms with E-state index in [1.807, 2.05) is 0 Å². The van der Waals surface area contributed by atoms with E-state index in [1.165, 1.54) is 19.4 Å². The molecule has 1 aromatic rings. The van der Waals surface area contributed by atoms with Gasteiger partial charge in [0.25, 0.3) is 0 Å². The van der Waals surface area contributed by atoms with E-state index >= 15 is 0 Å². The van der Waals surface area contributed by atoms with Crippen LogP contribution in [-0.4, -0.2) is 75.4 Å². The molecule has 190 valence electrons. The first-order chi connectivity index (χ1) is 16.0. The predicted molar refractivity (Wildman–Crippen MR) is 121 cm³/mol. The second-order valence-corrected chi connectivity index (χ2v) is 7.87. The number of imidazole rings is 1. The Morgan fingerprint density at radius 3 is 2.26 bits per heavy atom. The molecule has 1 rings (SSSR count). The Bertz CT molecular complexity index is 831. The monoisotopic (exact) mass is 482 g/mol. The fourth-order valence-corrected chi connectivity index (χ4v) is 2.99. The molecular weight excluding hydrogens is 448 g/mol. The molecule has 0 spiro atoms. The number of carboxylic acids is 1. The molecule has 0 aromatic carbocycles. The third-order valence-corrected chi connectivity index (χ3v) is 4.96. The van der Waals surface area contributed by atoms with Gasteiger partial charge in [-0.3, -0.25) is 19.2 Å². The van der Waals surface area contributed by atoms with E-state index in [-0.39, 0.29) is 25.7 Å². The second-order valence-electron chi connectivity index (χ2n) is 7.87. The average Bonchev–Trinajstić information content (AvgIpc) is 3.28. The molecule has 1 aromatic heterocycles. The van der Waals surface area contributed by atoms with Gasteiger partial charge in [-0.05, 0) is 39.2 Å². The number of H-pyrrole nitrogens is 1. The second kappa shape index (κ2) is 14.6. The SMILES string of the molecule is CC(NC(=O)C(N)Cc1cnc[nH]1)C(=O)NC(CCC(N)=O)C(=O)NC(CCCCN)C(=O)O. The van der Waals surface area contributed by atoms with Crippen molar-refractivity contribution in [2.24, 2.45) is 17.2 Å². The first-order valence-electron chi connectivity index (χ1n) is 10.9. The number of aromatic amines is 1. The molecule has 0 fully saturated rings. The van der Waals surface area contributed by atoms with Gasteiger partial charge in [-0.25, -0.2) is 9.78 Å². The molecule has 0 radical (unpaired) electrons. The van der Waals surface area contributed by atoms with Crippen LogP contribution in [0.2, 0.25) is 0 Å². The third kappa shape index (κ3) is 10.4. The third-order valence-electron chi connectivity index (χ3n) is 4.96. The van der Waals surface area contributed by atoms with Gasteiger partial charge in [0.2, 0.25) is 23.6 Å². The van der Waals surface area contributed by atoms with Crippen LogP contribution in [0.25, 0.3) is 0 Å². The largest absolute Gasteiger partial charge is 0.480 e. The Morgan fingerprint density at radius 2 is 1.71 bits per heavy atom. The van der Waals surface area contributed by atoms with E-state index in [9.17, 15) is 29.1 Å². The highest BCUT2D eigenvalue weighted by Gasteiger charge is 2.29. The summed E-state index contributed by atoms with van der Waals surface area (Å²) in [5.41, 5.74) is 17.1. The number of unbranched alkanes of at least 4 members (excludes halogenated alkanes) is 1. The molecule has 11 N–H and O–H groups in total. The zero-order valence-electron chi connectivity index (χ0n) is 19.1. The Morgan fingerprint density at radius 1 is 1.03 bits per heavy atom. The van der Waals surface area contributed by atoms with Gasteiger partial charge in [-0.2, -0.15) is 0 Å². The molecule has 1 heterocycles. The standard InChI is InChI=1S/C20H34N8O6/c1-11(26-18(31)13(22)8-12-9-24-10-25-12)17(30)27-14(5-6-16(23)29)19(32)28-15(20(33)34)4-2-3-7-21/h9-11,13-15H,2-8,21-22H2,1H3,(H2,23,29)(H,24,25)(H,26,31)(H,27,30)(H,28,32)(H,33,34). The highest BCUT2D eigenvalue weighted by atomic mass is 16.4. The van der Waals surface area contributed by atoms with Crippen molar-refractivity contribution in [3.63, 3.8) is 0 Å². The number of carbonyl (C=O) groups excluding carboxylic acids is 4. The van der Waals surface area contributed by atoms with Gasteiger partial charge in [0.15, 0.2) is 0 Å². The van der Waals surface area contributed by atoms with Crippen molar-refractivity contribution < 1.29 is 29.1 Å². The number of carbonyl (C=O) groups is 5. The van der Waals surface area contributed by atoms with Gasteiger partial charge in [-0.15, -0.1) is 0 Å². The number of amides is 4. The number of hydrogen-bond donors (Lipinski definition) is 8. The van der Waals surface area contributed by atoms with Gasteiger partial charge in [-0.1, -0.05) is 0 Å². The topological polar surface area (TPSA) is 248 Å². The minimum atomic E-state index is -1.24. The molecule has 0 bridgehead atoms. The molecule has 14 nitrogen and oxygen atoms in total. The molecular formula is C20H34N8O6. The summed E-state index contributed by atoms with van der Waals surface area (Å²) >= 11 is 0. The van der Waals surface area contributed by atoms with Crippen LogP contribution in [0.5, 0.6) is 0 Å². The van der Waals surface area contributed by atoms with E-state index in [4.69, 9.17) is 17.2 Å². The summed E-state index contributed by atoms with van der Waals surface area (Å²) in [5.74, 6) is -4.04. The predicted octanol–water partition coefficient (Wildman–Crippen LogP) is -2.77. The van der Waals surface area contributed by atoms with E-state index in [0.29, 0.717) is 25.1 Å². The number of nitrogens with zero attached hydrogens (tertiary/aromatic N) is 1. The minimum absolute atomic E-state index is 0.148. The van der Waals surface area contributed by atoms with Gasteiger partial charge in [0.05, 0.1) is 12.4 Å². The summed E-state index contributed by atoms with van der Waals surface area (Å²) in [6.45, 7) is 1.78. The zero-order valence-corrected chi connectivity index (χ0v) is 19.1. The van der Waals surface area contributed by atoms with Crippen LogP contribution < -0.4 is 33.2 Å². The van der Waals surface area contributed by atoms with Crippen LogP contribution in [0.4, 0.5) is 0 Å². The Labute approximate surface area is 196 Å². The van der Waals surface area contributed by atoms with Crippen LogP contribution in [0, 0.1) is 0 Å². The highest BCUT2D eigenvalue weighted by Crippen LogP contribution is 2.05. The lowest BCUT2D eigenvalue weighted by Gasteiger charge is -2.23. The summed E-state index contributed by atoms with van der Waals surface area (Å²) in [6, 6.07) is -4.45. The molecule has 34 heavy (non-hydrogen) atoms. The van der Waals surface area contributed by atoms with Gasteiger partial charge >= 0.3 is 5.97 Å². The summed E-state index contributed by atoms with van der Waals surface area (Å²) in [5, 5.41) is 16.6. The number of rotatable bonds is 16. The summed E-state index contributed by atoms with van der Waals surface area (Å²) in [7, 11) is 0. The summed E-state index contributed by atoms with van der Waals surface area (Å²) in [6.07, 6.45) is 3.97. The lowest BCUT2D eigenvalue weighted by Crippen LogP contribution is -2.56. The van der Waals surface area contributed by atoms with Crippen LogP contribution in [-0.2, 0) is 30.4 Å². The molecule has 0 aliphatic heterocycles. The molecule has 4 atom stereocenters. The number of carboxylic acid groups (broad SMARTS) is 1. The summed E-state index contributed by atoms with van der Waals surface area (Å²) in [4.78, 5) is 66.9. The van der Waals surface area contributed by atoms with Crippen molar-refractivity contribution in [2.45, 2.75) is 69.6 Å². The van der Waals surface area contributed by atoms with Crippen molar-refractivity contribution in [3.8, 4) is 0 Å². The number of nitrogens with one attached hydrogen (secondary N) is 4. The van der Waals surface area contributed by atoms with Crippen molar-refractivity contribution in [3.05, 3.63) is 18.2 Å². The maximum Gasteiger partial charge on any atom is 0.326 e. The van der Waals surface area contributed by atoms with Crippen molar-refractivity contribution in [1.82, 2.24) is 25.9 Å². The fourth-order valence-electron chi connectivity index (χ4n) is 2.99. The molecule has 0 aliphatic carbocycles. The number of aliphatic carboxylic acids is 1. The summed E-state index contributed by atoms with van der Waals surface area (Å²) < 4.78 is 0. The van der Waals surface area contributed by atoms with Crippen LogP contribution >= 0.6 is 0 Å². The molecule has 0 saturated heterocycles. The maximum absolute atomic E-state index is 12.7. The Balaban J connectivity index is 2.74. The van der Waals surface area contributed by atoms with Crippen LogP contribution in [0.3, 0.4) is 0 Å². The fraction of sp³-hybridized carbons (Fsp3) is 0.600. The lowest BCUT2D eigenvalue weighted by molar-refractivity contribution is -0.142. The average molecular weight is 483 g/mol. The molecule has 14 heteroatoms. The van der Waals surface area contributed by atoms with Crippen molar-refractivity contribution in [1.29, 1.82) is 0 Å². The zero-order chi connectivity index (χ0) is 25.7. The lowest BCUT2D eigenvalue weighted by atomic mass is 10.1. The van der Waals surface area contributed by atoms with Crippen molar-refractivity contribution in [2.75, 3.05) is 6.54 Å². The smallest absolute Gasteiger partial charge is 0.326 e. The Kier molecular flexibility index (Phi) is 12.2. The molecule has 0 saturated carbocycles. The minimum Gasteiger partial charge on any atom is -0.480 e. The maximum atomic E-state index is 12.7. The van der Waals surface area contributed by atoms with Gasteiger partial charge in [0.1, 0.15) is 18.1 Å². The number of hydrogen-bond acceptors (Lipinski definition) is 8. The van der Waals surface area contributed by atoms with Crippen LogP contribution in [0.15, 0.2) is 12.5 Å². The van der Waals surface area contributed by atoms with Gasteiger partial charge in [0, 0.05) is 24.7 Å². The van der Waals surface area contributed by atoms with Crippen molar-refractivity contribution >= 4 is 29.6 Å². The van der Waals surface area contributed by atoms with E-state index in [1.54, 1.807) is 0 Å². The first-order valence-corrected chi connectivity index (χ1v) is 10.9. The van der Waals surface area contributed by atoms with Crippen LogP contribution in [0.1, 0.15) is 44.7 Å². The van der Waals surface area contributed by atoms with E-state index < -0.39 is 53.8 Å². The Hall–Kier alpha value is -3.52. The molecule has 0 aliphatic rings. The van der Waals surface area contributed by atoms with E-state index in [0.717, 1.165) is 0 Å². The molecule has 4 amide bonds. The number of nitrogens with two attached hydrogens (primary N) is 3. The first kappa shape index (κ1) is 28.5.